The van der Waals surface area contributed by atoms with Crippen LogP contribution in [0.4, 0.5) is 0 Å². The van der Waals surface area contributed by atoms with Crippen LogP contribution in [0.2, 0.25) is 0 Å². The lowest BCUT2D eigenvalue weighted by atomic mass is 10.2. The number of aromatic nitrogens is 1. The topological polar surface area (TPSA) is 33.1 Å². The predicted molar refractivity (Wildman–Crippen MR) is 52.0 cm³/mol. The lowest BCUT2D eigenvalue weighted by Gasteiger charge is -1.98. The number of nitrogens with zero attached hydrogens (tertiary/aromatic N) is 1. The maximum absolute atomic E-state index is 8.56. The van der Waals surface area contributed by atoms with Gasteiger partial charge in [-0.25, -0.2) is 0 Å². The molecule has 1 heterocycles. The standard InChI is InChI=1S/C9H12BrNO/c10-8-4-5-9(11-7-8)3-1-2-6-12/h4-5,7,12H,1-3,6H2. The molecule has 1 aromatic rings. The monoisotopic (exact) mass is 229 g/mol. The quantitative estimate of drug-likeness (QED) is 0.804. The molecule has 0 saturated carbocycles. The van der Waals surface area contributed by atoms with Crippen LogP contribution in [0.15, 0.2) is 22.8 Å². The fourth-order valence-electron chi connectivity index (χ4n) is 0.972. The van der Waals surface area contributed by atoms with E-state index in [4.69, 9.17) is 5.11 Å². The van der Waals surface area contributed by atoms with Gasteiger partial charge < -0.3 is 5.11 Å². The van der Waals surface area contributed by atoms with Gasteiger partial charge in [-0.15, -0.1) is 0 Å². The van der Waals surface area contributed by atoms with E-state index in [9.17, 15) is 0 Å². The first-order valence-electron chi connectivity index (χ1n) is 4.04. The number of aliphatic hydroxyl groups is 1. The summed E-state index contributed by atoms with van der Waals surface area (Å²) in [7, 11) is 0. The summed E-state index contributed by atoms with van der Waals surface area (Å²) in [6.45, 7) is 0.274. The van der Waals surface area contributed by atoms with Crippen molar-refractivity contribution in [2.45, 2.75) is 19.3 Å². The Labute approximate surface area is 80.8 Å². The van der Waals surface area contributed by atoms with Crippen molar-refractivity contribution in [2.24, 2.45) is 0 Å². The van der Waals surface area contributed by atoms with Crippen LogP contribution in [-0.4, -0.2) is 16.7 Å². The van der Waals surface area contributed by atoms with E-state index in [-0.39, 0.29) is 6.61 Å². The molecule has 12 heavy (non-hydrogen) atoms. The van der Waals surface area contributed by atoms with E-state index in [0.29, 0.717) is 0 Å². The Hall–Kier alpha value is -0.410. The second-order valence-corrected chi connectivity index (χ2v) is 3.56. The molecule has 0 amide bonds. The normalized spacial score (nSPS) is 10.2. The van der Waals surface area contributed by atoms with Gasteiger partial charge in [-0.05, 0) is 47.3 Å². The minimum Gasteiger partial charge on any atom is -0.396 e. The van der Waals surface area contributed by atoms with Gasteiger partial charge in [-0.1, -0.05) is 0 Å². The maximum Gasteiger partial charge on any atom is 0.0431 e. The molecule has 1 rings (SSSR count). The molecule has 2 nitrogen and oxygen atoms in total. The highest BCUT2D eigenvalue weighted by Gasteiger charge is 1.93. The highest BCUT2D eigenvalue weighted by Crippen LogP contribution is 2.08. The van der Waals surface area contributed by atoms with Crippen molar-refractivity contribution < 1.29 is 5.11 Å². The number of aliphatic hydroxyl groups excluding tert-OH is 1. The fourth-order valence-corrected chi connectivity index (χ4v) is 1.21. The minimum absolute atomic E-state index is 0.274. The average Bonchev–Trinajstić information content (AvgIpc) is 2.09. The molecule has 0 unspecified atom stereocenters. The van der Waals surface area contributed by atoms with Crippen LogP contribution < -0.4 is 0 Å². The molecule has 0 atom stereocenters. The first kappa shape index (κ1) is 9.68. The number of halogens is 1. The first-order chi connectivity index (χ1) is 5.83. The Morgan fingerprint density at radius 1 is 1.33 bits per heavy atom. The smallest absolute Gasteiger partial charge is 0.0431 e. The summed E-state index contributed by atoms with van der Waals surface area (Å²) in [4.78, 5) is 4.22. The second kappa shape index (κ2) is 5.27. The molecule has 0 saturated heterocycles. The van der Waals surface area contributed by atoms with E-state index >= 15 is 0 Å². The van der Waals surface area contributed by atoms with Gasteiger partial charge in [-0.3, -0.25) is 4.98 Å². The molecule has 1 N–H and O–H groups in total. The minimum atomic E-state index is 0.274. The van der Waals surface area contributed by atoms with Crippen molar-refractivity contribution >= 4 is 15.9 Å². The van der Waals surface area contributed by atoms with Crippen molar-refractivity contribution in [1.82, 2.24) is 4.98 Å². The predicted octanol–water partition coefficient (Wildman–Crippen LogP) is 2.16. The molecule has 0 bridgehead atoms. The fraction of sp³-hybridized carbons (Fsp3) is 0.444. The van der Waals surface area contributed by atoms with E-state index in [2.05, 4.69) is 20.9 Å². The van der Waals surface area contributed by atoms with Crippen LogP contribution in [0.5, 0.6) is 0 Å². The van der Waals surface area contributed by atoms with Gasteiger partial charge in [0.1, 0.15) is 0 Å². The molecule has 0 aliphatic carbocycles. The van der Waals surface area contributed by atoms with Gasteiger partial charge in [0.05, 0.1) is 0 Å². The highest BCUT2D eigenvalue weighted by atomic mass is 79.9. The van der Waals surface area contributed by atoms with Crippen LogP contribution in [0, 0.1) is 0 Å². The van der Waals surface area contributed by atoms with Crippen LogP contribution in [0.3, 0.4) is 0 Å². The van der Waals surface area contributed by atoms with Gasteiger partial charge in [0, 0.05) is 23.0 Å². The van der Waals surface area contributed by atoms with Crippen LogP contribution in [0.25, 0.3) is 0 Å². The van der Waals surface area contributed by atoms with E-state index in [1.54, 1.807) is 6.20 Å². The number of rotatable bonds is 4. The van der Waals surface area contributed by atoms with Crippen LogP contribution >= 0.6 is 15.9 Å². The second-order valence-electron chi connectivity index (χ2n) is 2.65. The van der Waals surface area contributed by atoms with Crippen molar-refractivity contribution in [2.75, 3.05) is 6.61 Å². The van der Waals surface area contributed by atoms with E-state index < -0.39 is 0 Å². The highest BCUT2D eigenvalue weighted by molar-refractivity contribution is 9.10. The number of unbranched alkanes of at least 4 members (excludes halogenated alkanes) is 1. The third kappa shape index (κ3) is 3.32. The Morgan fingerprint density at radius 2 is 2.17 bits per heavy atom. The molecule has 1 aromatic heterocycles. The first-order valence-corrected chi connectivity index (χ1v) is 4.83. The average molecular weight is 230 g/mol. The third-order valence-corrected chi connectivity index (χ3v) is 2.10. The summed E-state index contributed by atoms with van der Waals surface area (Å²) < 4.78 is 1.01. The summed E-state index contributed by atoms with van der Waals surface area (Å²) in [5, 5.41) is 8.56. The Morgan fingerprint density at radius 3 is 2.75 bits per heavy atom. The van der Waals surface area contributed by atoms with Gasteiger partial charge >= 0.3 is 0 Å². The third-order valence-electron chi connectivity index (χ3n) is 1.63. The molecule has 0 aliphatic rings. The number of hydrogen-bond acceptors (Lipinski definition) is 2. The summed E-state index contributed by atoms with van der Waals surface area (Å²) in [6.07, 6.45) is 4.62. The van der Waals surface area contributed by atoms with Crippen LogP contribution in [-0.2, 0) is 6.42 Å². The Kier molecular flexibility index (Phi) is 4.25. The molecule has 0 spiro atoms. The number of aryl methyl sites for hydroxylation is 1. The molecular formula is C9H12BrNO. The molecule has 0 aliphatic heterocycles. The number of pyridine rings is 1. The van der Waals surface area contributed by atoms with Gasteiger partial charge in [0.25, 0.3) is 0 Å². The molecule has 0 aromatic carbocycles. The summed E-state index contributed by atoms with van der Waals surface area (Å²) in [6, 6.07) is 3.99. The molecule has 3 heteroatoms. The summed E-state index contributed by atoms with van der Waals surface area (Å²) >= 11 is 3.32. The largest absolute Gasteiger partial charge is 0.396 e. The van der Waals surface area contributed by atoms with Gasteiger partial charge in [0.2, 0.25) is 0 Å². The molecule has 66 valence electrons. The van der Waals surface area contributed by atoms with Crippen molar-refractivity contribution in [1.29, 1.82) is 0 Å². The van der Waals surface area contributed by atoms with Crippen molar-refractivity contribution in [3.05, 3.63) is 28.5 Å². The van der Waals surface area contributed by atoms with Gasteiger partial charge in [0.15, 0.2) is 0 Å². The number of hydrogen-bond donors (Lipinski definition) is 1. The zero-order chi connectivity index (χ0) is 8.81. The van der Waals surface area contributed by atoms with E-state index in [1.165, 1.54) is 0 Å². The van der Waals surface area contributed by atoms with Crippen LogP contribution in [0.1, 0.15) is 18.5 Å². The Bertz CT molecular complexity index is 222. The van der Waals surface area contributed by atoms with Crippen molar-refractivity contribution in [3.63, 3.8) is 0 Å². The molecule has 0 fully saturated rings. The molecular weight excluding hydrogens is 218 g/mol. The molecule has 0 radical (unpaired) electrons. The summed E-state index contributed by atoms with van der Waals surface area (Å²) in [5.41, 5.74) is 1.09. The Balaban J connectivity index is 2.37. The van der Waals surface area contributed by atoms with E-state index in [1.807, 2.05) is 12.1 Å². The summed E-state index contributed by atoms with van der Waals surface area (Å²) in [5.74, 6) is 0. The SMILES string of the molecule is OCCCCc1ccc(Br)cn1. The lowest BCUT2D eigenvalue weighted by molar-refractivity contribution is 0.284. The van der Waals surface area contributed by atoms with Crippen molar-refractivity contribution in [3.8, 4) is 0 Å². The van der Waals surface area contributed by atoms with Gasteiger partial charge in [-0.2, -0.15) is 0 Å². The lowest BCUT2D eigenvalue weighted by Crippen LogP contribution is -1.91. The zero-order valence-electron chi connectivity index (χ0n) is 6.83. The maximum atomic E-state index is 8.56. The van der Waals surface area contributed by atoms with E-state index in [0.717, 1.165) is 29.4 Å². The zero-order valence-corrected chi connectivity index (χ0v) is 8.42.